The second-order valence-corrected chi connectivity index (χ2v) is 3.72. The molecular weight excluding hydrogens is 226 g/mol. The van der Waals surface area contributed by atoms with Crippen molar-refractivity contribution in [1.82, 2.24) is 0 Å². The van der Waals surface area contributed by atoms with Crippen molar-refractivity contribution in [3.8, 4) is 5.75 Å². The van der Waals surface area contributed by atoms with E-state index in [-0.39, 0.29) is 5.75 Å². The molecule has 0 amide bonds. The average Bonchev–Trinajstić information content (AvgIpc) is 2.40. The molecule has 0 unspecified atom stereocenters. The van der Waals surface area contributed by atoms with Gasteiger partial charge in [0.05, 0.1) is 5.70 Å². The highest BCUT2D eigenvalue weighted by Crippen LogP contribution is 2.25. The second kappa shape index (κ2) is 5.68. The van der Waals surface area contributed by atoms with Crippen molar-refractivity contribution in [2.24, 2.45) is 0 Å². The SMILES string of the molecule is O=C/C=C(\Nc1ccccc1)c1ccccc1O. The van der Waals surface area contributed by atoms with E-state index in [4.69, 9.17) is 0 Å². The van der Waals surface area contributed by atoms with Crippen LogP contribution in [0.25, 0.3) is 5.70 Å². The molecule has 0 bridgehead atoms. The van der Waals surface area contributed by atoms with Gasteiger partial charge in [-0.25, -0.2) is 0 Å². The van der Waals surface area contributed by atoms with Crippen LogP contribution in [0.15, 0.2) is 60.7 Å². The molecule has 0 atom stereocenters. The molecule has 3 heteroatoms. The Labute approximate surface area is 105 Å². The van der Waals surface area contributed by atoms with E-state index in [1.54, 1.807) is 24.3 Å². The number of carbonyl (C=O) groups is 1. The third-order valence-electron chi connectivity index (χ3n) is 2.48. The number of rotatable bonds is 4. The zero-order chi connectivity index (χ0) is 12.8. The zero-order valence-corrected chi connectivity index (χ0v) is 9.71. The van der Waals surface area contributed by atoms with Crippen molar-refractivity contribution < 1.29 is 9.90 Å². The fourth-order valence-corrected chi connectivity index (χ4v) is 1.65. The van der Waals surface area contributed by atoms with Crippen LogP contribution in [0.4, 0.5) is 5.69 Å². The predicted molar refractivity (Wildman–Crippen MR) is 72.2 cm³/mol. The molecule has 0 saturated carbocycles. The third kappa shape index (κ3) is 2.77. The maximum Gasteiger partial charge on any atom is 0.144 e. The smallest absolute Gasteiger partial charge is 0.144 e. The first-order valence-electron chi connectivity index (χ1n) is 5.57. The first kappa shape index (κ1) is 11.9. The molecule has 0 spiro atoms. The lowest BCUT2D eigenvalue weighted by Gasteiger charge is -2.11. The first-order valence-corrected chi connectivity index (χ1v) is 5.57. The molecule has 3 nitrogen and oxygen atoms in total. The van der Waals surface area contributed by atoms with Gasteiger partial charge in [0, 0.05) is 17.3 Å². The number of carbonyl (C=O) groups excluding carboxylic acids is 1. The minimum Gasteiger partial charge on any atom is -0.507 e. The van der Waals surface area contributed by atoms with Gasteiger partial charge >= 0.3 is 0 Å². The molecule has 2 aromatic carbocycles. The second-order valence-electron chi connectivity index (χ2n) is 3.72. The zero-order valence-electron chi connectivity index (χ0n) is 9.71. The Morgan fingerprint density at radius 3 is 2.33 bits per heavy atom. The summed E-state index contributed by atoms with van der Waals surface area (Å²) in [5, 5.41) is 12.9. The van der Waals surface area contributed by atoms with Gasteiger partial charge in [-0.15, -0.1) is 0 Å². The van der Waals surface area contributed by atoms with E-state index in [1.165, 1.54) is 6.08 Å². The van der Waals surface area contributed by atoms with E-state index in [1.807, 2.05) is 30.3 Å². The van der Waals surface area contributed by atoms with E-state index in [9.17, 15) is 9.90 Å². The summed E-state index contributed by atoms with van der Waals surface area (Å²) >= 11 is 0. The Balaban J connectivity index is 2.34. The van der Waals surface area contributed by atoms with Crippen molar-refractivity contribution in [1.29, 1.82) is 0 Å². The van der Waals surface area contributed by atoms with Gasteiger partial charge in [-0.05, 0) is 24.3 Å². The number of benzene rings is 2. The quantitative estimate of drug-likeness (QED) is 0.637. The molecule has 0 aliphatic carbocycles. The van der Waals surface area contributed by atoms with E-state index < -0.39 is 0 Å². The lowest BCUT2D eigenvalue weighted by Crippen LogP contribution is -1.99. The van der Waals surface area contributed by atoms with Gasteiger partial charge in [-0.2, -0.15) is 0 Å². The Hall–Kier alpha value is -2.55. The van der Waals surface area contributed by atoms with Crippen LogP contribution in [0.5, 0.6) is 5.75 Å². The van der Waals surface area contributed by atoms with Crippen LogP contribution in [0.3, 0.4) is 0 Å². The summed E-state index contributed by atoms with van der Waals surface area (Å²) in [5.74, 6) is 0.133. The molecule has 2 aromatic rings. The van der Waals surface area contributed by atoms with Gasteiger partial charge in [-0.1, -0.05) is 30.3 Å². The van der Waals surface area contributed by atoms with Crippen molar-refractivity contribution in [2.45, 2.75) is 0 Å². The summed E-state index contributed by atoms with van der Waals surface area (Å²) in [5.41, 5.74) is 2.01. The van der Waals surface area contributed by atoms with Crippen LogP contribution in [-0.2, 0) is 4.79 Å². The predicted octanol–water partition coefficient (Wildman–Crippen LogP) is 3.04. The van der Waals surface area contributed by atoms with Gasteiger partial charge in [-0.3, -0.25) is 4.79 Å². The van der Waals surface area contributed by atoms with Crippen LogP contribution >= 0.6 is 0 Å². The number of phenolic OH excluding ortho intramolecular Hbond substituents is 1. The molecule has 0 radical (unpaired) electrons. The van der Waals surface area contributed by atoms with E-state index in [0.717, 1.165) is 5.69 Å². The Bertz CT molecular complexity index is 562. The molecule has 90 valence electrons. The lowest BCUT2D eigenvalue weighted by atomic mass is 10.1. The summed E-state index contributed by atoms with van der Waals surface area (Å²) < 4.78 is 0. The van der Waals surface area contributed by atoms with Crippen LogP contribution in [0.2, 0.25) is 0 Å². The molecule has 2 rings (SSSR count). The fraction of sp³-hybridized carbons (Fsp3) is 0. The fourth-order valence-electron chi connectivity index (χ4n) is 1.65. The minimum absolute atomic E-state index is 0.133. The van der Waals surface area contributed by atoms with E-state index in [0.29, 0.717) is 17.5 Å². The number of hydrogen-bond acceptors (Lipinski definition) is 3. The number of anilines is 1. The van der Waals surface area contributed by atoms with Crippen LogP contribution in [0, 0.1) is 0 Å². The standard InChI is InChI=1S/C15H13NO2/c17-11-10-14(13-8-4-5-9-15(13)18)16-12-6-2-1-3-7-12/h1-11,16,18H/b14-10-. The monoisotopic (exact) mass is 239 g/mol. The van der Waals surface area contributed by atoms with Gasteiger partial charge < -0.3 is 10.4 Å². The largest absolute Gasteiger partial charge is 0.507 e. The number of aromatic hydroxyl groups is 1. The summed E-state index contributed by atoms with van der Waals surface area (Å²) in [7, 11) is 0. The number of hydrogen-bond donors (Lipinski definition) is 2. The van der Waals surface area contributed by atoms with Crippen LogP contribution in [-0.4, -0.2) is 11.4 Å². The molecule has 0 aliphatic rings. The highest BCUT2D eigenvalue weighted by atomic mass is 16.3. The number of para-hydroxylation sites is 2. The average molecular weight is 239 g/mol. The molecular formula is C15H13NO2. The molecule has 0 heterocycles. The van der Waals surface area contributed by atoms with Gasteiger partial charge in [0.15, 0.2) is 0 Å². The maximum atomic E-state index is 10.7. The molecule has 0 saturated heterocycles. The Morgan fingerprint density at radius 2 is 1.67 bits per heavy atom. The molecule has 18 heavy (non-hydrogen) atoms. The normalized spacial score (nSPS) is 11.0. The number of allylic oxidation sites excluding steroid dienone is 1. The molecule has 0 aromatic heterocycles. The van der Waals surface area contributed by atoms with E-state index in [2.05, 4.69) is 5.32 Å². The topological polar surface area (TPSA) is 49.3 Å². The van der Waals surface area contributed by atoms with Crippen molar-refractivity contribution in [3.05, 3.63) is 66.2 Å². The lowest BCUT2D eigenvalue weighted by molar-refractivity contribution is -0.104. The van der Waals surface area contributed by atoms with Crippen LogP contribution in [0.1, 0.15) is 5.56 Å². The minimum atomic E-state index is 0.133. The van der Waals surface area contributed by atoms with Gasteiger partial charge in [0.25, 0.3) is 0 Å². The molecule has 2 N–H and O–H groups in total. The van der Waals surface area contributed by atoms with Crippen molar-refractivity contribution >= 4 is 17.7 Å². The maximum absolute atomic E-state index is 10.7. The highest BCUT2D eigenvalue weighted by Gasteiger charge is 2.06. The highest BCUT2D eigenvalue weighted by molar-refractivity contribution is 5.88. The number of phenols is 1. The van der Waals surface area contributed by atoms with Crippen molar-refractivity contribution in [2.75, 3.05) is 5.32 Å². The van der Waals surface area contributed by atoms with Crippen molar-refractivity contribution in [3.63, 3.8) is 0 Å². The Kier molecular flexibility index (Phi) is 3.76. The third-order valence-corrected chi connectivity index (χ3v) is 2.48. The Morgan fingerprint density at radius 1 is 1.00 bits per heavy atom. The number of aldehydes is 1. The van der Waals surface area contributed by atoms with Gasteiger partial charge in [0.2, 0.25) is 0 Å². The first-order chi connectivity index (χ1) is 8.81. The number of nitrogens with one attached hydrogen (secondary N) is 1. The summed E-state index contributed by atoms with van der Waals surface area (Å²) in [6.07, 6.45) is 2.08. The summed E-state index contributed by atoms with van der Waals surface area (Å²) in [6, 6.07) is 16.4. The molecule has 0 fully saturated rings. The summed E-state index contributed by atoms with van der Waals surface area (Å²) in [4.78, 5) is 10.7. The van der Waals surface area contributed by atoms with Gasteiger partial charge in [0.1, 0.15) is 12.0 Å². The van der Waals surface area contributed by atoms with E-state index >= 15 is 0 Å². The van der Waals surface area contributed by atoms with Crippen LogP contribution < -0.4 is 5.32 Å². The summed E-state index contributed by atoms with van der Waals surface area (Å²) in [6.45, 7) is 0. The molecule has 0 aliphatic heterocycles.